The molecule has 0 aliphatic carbocycles. The predicted molar refractivity (Wildman–Crippen MR) is 104 cm³/mol. The summed E-state index contributed by atoms with van der Waals surface area (Å²) in [5.41, 5.74) is 0.968. The van der Waals surface area contributed by atoms with Gasteiger partial charge < -0.3 is 15.5 Å². The number of nitrogens with one attached hydrogen (secondary N) is 3. The number of aromatic nitrogens is 1. The number of nitrogens with zero attached hydrogens (tertiary/aromatic N) is 2. The number of anilines is 1. The van der Waals surface area contributed by atoms with E-state index in [0.29, 0.717) is 17.8 Å². The highest BCUT2D eigenvalue weighted by Gasteiger charge is 2.26. The van der Waals surface area contributed by atoms with Crippen LogP contribution in [0.25, 0.3) is 0 Å². The first kappa shape index (κ1) is 19.9. The highest BCUT2D eigenvalue weighted by molar-refractivity contribution is 6.48. The molecule has 0 spiro atoms. The quantitative estimate of drug-likeness (QED) is 0.417. The minimum absolute atomic E-state index is 0.0492. The molecule has 2 aromatic rings. The fourth-order valence-corrected chi connectivity index (χ4v) is 2.57. The maximum atomic E-state index is 12.2. The van der Waals surface area contributed by atoms with E-state index < -0.39 is 11.7 Å². The van der Waals surface area contributed by atoms with Gasteiger partial charge in [-0.05, 0) is 36.6 Å². The van der Waals surface area contributed by atoms with Gasteiger partial charge in [0.15, 0.2) is 5.84 Å². The Bertz CT molecular complexity index is 865. The standard InChI is InChI=1S/C19H23N5O3/c1-4-23-19(27)18(21)24(12-6-5-7-22-10-12)17(20)14-8-13(11(2)3)15(25)9-16(14)26/h5-11,20-21,25-26H,4H2,1-3H3,(H,23,27). The summed E-state index contributed by atoms with van der Waals surface area (Å²) >= 11 is 0. The lowest BCUT2D eigenvalue weighted by Gasteiger charge is -2.25. The first-order valence-electron chi connectivity index (χ1n) is 8.49. The van der Waals surface area contributed by atoms with E-state index in [0.717, 1.165) is 11.0 Å². The van der Waals surface area contributed by atoms with Crippen molar-refractivity contribution in [3.63, 3.8) is 0 Å². The van der Waals surface area contributed by atoms with Crippen LogP contribution in [0.1, 0.15) is 37.8 Å². The Morgan fingerprint density at radius 2 is 1.96 bits per heavy atom. The van der Waals surface area contributed by atoms with Crippen LogP contribution in [0.4, 0.5) is 5.69 Å². The predicted octanol–water partition coefficient (Wildman–Crippen LogP) is 2.56. The molecule has 0 radical (unpaired) electrons. The van der Waals surface area contributed by atoms with Crippen molar-refractivity contribution < 1.29 is 15.0 Å². The molecule has 0 unspecified atom stereocenters. The minimum Gasteiger partial charge on any atom is -0.508 e. The Hall–Kier alpha value is -3.42. The van der Waals surface area contributed by atoms with Crippen LogP contribution in [-0.2, 0) is 4.79 Å². The van der Waals surface area contributed by atoms with Crippen molar-refractivity contribution in [2.75, 3.05) is 11.4 Å². The summed E-state index contributed by atoms with van der Waals surface area (Å²) in [4.78, 5) is 17.3. The molecule has 8 nitrogen and oxygen atoms in total. The number of phenolic OH excluding ortho intramolecular Hbond substituents is 2. The van der Waals surface area contributed by atoms with Gasteiger partial charge in [0.25, 0.3) is 5.91 Å². The van der Waals surface area contributed by atoms with Gasteiger partial charge in [0, 0.05) is 18.8 Å². The summed E-state index contributed by atoms with van der Waals surface area (Å²) in [5, 5.41) is 39.6. The lowest BCUT2D eigenvalue weighted by molar-refractivity contribution is -0.114. The minimum atomic E-state index is -0.659. The third-order valence-corrected chi connectivity index (χ3v) is 3.93. The fourth-order valence-electron chi connectivity index (χ4n) is 2.57. The zero-order valence-electron chi connectivity index (χ0n) is 15.4. The Kier molecular flexibility index (Phi) is 6.12. The smallest absolute Gasteiger partial charge is 0.287 e. The number of pyridine rings is 1. The number of hydrogen-bond acceptors (Lipinski definition) is 6. The number of carbonyl (C=O) groups is 1. The van der Waals surface area contributed by atoms with Crippen LogP contribution < -0.4 is 10.2 Å². The monoisotopic (exact) mass is 369 g/mol. The van der Waals surface area contributed by atoms with Crippen molar-refractivity contribution in [3.05, 3.63) is 47.8 Å². The van der Waals surface area contributed by atoms with E-state index in [1.807, 2.05) is 13.8 Å². The summed E-state index contributed by atoms with van der Waals surface area (Å²) < 4.78 is 0. The number of carbonyl (C=O) groups excluding carboxylic acids is 1. The largest absolute Gasteiger partial charge is 0.508 e. The third-order valence-electron chi connectivity index (χ3n) is 3.93. The molecular formula is C19H23N5O3. The van der Waals surface area contributed by atoms with Gasteiger partial charge in [-0.25, -0.2) is 0 Å². The van der Waals surface area contributed by atoms with E-state index >= 15 is 0 Å². The van der Waals surface area contributed by atoms with Gasteiger partial charge in [0.05, 0.1) is 17.4 Å². The Morgan fingerprint density at radius 1 is 1.26 bits per heavy atom. The van der Waals surface area contributed by atoms with Crippen LogP contribution in [0.15, 0.2) is 36.7 Å². The van der Waals surface area contributed by atoms with Crippen molar-refractivity contribution in [2.24, 2.45) is 0 Å². The van der Waals surface area contributed by atoms with Crippen molar-refractivity contribution in [1.82, 2.24) is 10.3 Å². The van der Waals surface area contributed by atoms with Crippen molar-refractivity contribution in [1.29, 1.82) is 10.8 Å². The van der Waals surface area contributed by atoms with E-state index in [-0.39, 0.29) is 28.8 Å². The molecule has 0 bridgehead atoms. The van der Waals surface area contributed by atoms with Gasteiger partial charge >= 0.3 is 0 Å². The second-order valence-electron chi connectivity index (χ2n) is 6.19. The molecule has 0 fully saturated rings. The molecule has 0 atom stereocenters. The SMILES string of the molecule is CCNC(=O)C(=N)N(C(=N)c1cc(C(C)C)c(O)cc1O)c1cccnc1. The number of amides is 1. The number of aromatic hydroxyl groups is 2. The van der Waals surface area contributed by atoms with E-state index in [1.165, 1.54) is 18.5 Å². The van der Waals surface area contributed by atoms with Gasteiger partial charge in [-0.2, -0.15) is 0 Å². The number of hydrogen-bond donors (Lipinski definition) is 5. The molecule has 1 aromatic heterocycles. The number of amidine groups is 2. The van der Waals surface area contributed by atoms with Crippen LogP contribution in [0.2, 0.25) is 0 Å². The second-order valence-corrected chi connectivity index (χ2v) is 6.19. The third kappa shape index (κ3) is 4.22. The van der Waals surface area contributed by atoms with Gasteiger partial charge in [-0.1, -0.05) is 13.8 Å². The zero-order valence-corrected chi connectivity index (χ0v) is 15.4. The summed E-state index contributed by atoms with van der Waals surface area (Å²) in [6.07, 6.45) is 2.96. The lowest BCUT2D eigenvalue weighted by Crippen LogP contribution is -2.46. The van der Waals surface area contributed by atoms with Gasteiger partial charge in [0.1, 0.15) is 17.3 Å². The second kappa shape index (κ2) is 8.31. The summed E-state index contributed by atoms with van der Waals surface area (Å²) in [5.74, 6) is -1.86. The highest BCUT2D eigenvalue weighted by atomic mass is 16.3. The topological polar surface area (TPSA) is 133 Å². The maximum absolute atomic E-state index is 12.2. The van der Waals surface area contributed by atoms with Gasteiger partial charge in [-0.15, -0.1) is 0 Å². The summed E-state index contributed by atoms with van der Waals surface area (Å²) in [7, 11) is 0. The molecule has 5 N–H and O–H groups in total. The van der Waals surface area contributed by atoms with Crippen LogP contribution in [0.3, 0.4) is 0 Å². The van der Waals surface area contributed by atoms with Crippen LogP contribution >= 0.6 is 0 Å². The molecule has 142 valence electrons. The number of phenols is 2. The number of benzene rings is 1. The van der Waals surface area contributed by atoms with Crippen molar-refractivity contribution in [2.45, 2.75) is 26.7 Å². The Balaban J connectivity index is 2.57. The van der Waals surface area contributed by atoms with Crippen molar-refractivity contribution in [3.8, 4) is 11.5 Å². The summed E-state index contributed by atoms with van der Waals surface area (Å²) in [6, 6.07) is 5.88. The van der Waals surface area contributed by atoms with Gasteiger partial charge in [0.2, 0.25) is 0 Å². The molecule has 1 aromatic carbocycles. The molecule has 0 aliphatic heterocycles. The van der Waals surface area contributed by atoms with Crippen LogP contribution in [0.5, 0.6) is 11.5 Å². The van der Waals surface area contributed by atoms with Gasteiger partial charge in [-0.3, -0.25) is 25.5 Å². The molecular weight excluding hydrogens is 346 g/mol. The molecule has 27 heavy (non-hydrogen) atoms. The highest BCUT2D eigenvalue weighted by Crippen LogP contribution is 2.33. The van der Waals surface area contributed by atoms with Crippen molar-refractivity contribution >= 4 is 23.3 Å². The molecule has 0 saturated carbocycles. The first-order valence-corrected chi connectivity index (χ1v) is 8.49. The molecule has 0 saturated heterocycles. The zero-order chi connectivity index (χ0) is 20.1. The van der Waals surface area contributed by atoms with E-state index in [1.54, 1.807) is 19.1 Å². The lowest BCUT2D eigenvalue weighted by atomic mass is 9.98. The van der Waals surface area contributed by atoms with Crippen LogP contribution in [0, 0.1) is 10.8 Å². The Morgan fingerprint density at radius 3 is 2.52 bits per heavy atom. The fraction of sp³-hybridized carbons (Fsp3) is 0.263. The van der Waals surface area contributed by atoms with E-state index in [2.05, 4.69) is 10.3 Å². The molecule has 8 heteroatoms. The molecule has 1 amide bonds. The van der Waals surface area contributed by atoms with E-state index in [9.17, 15) is 15.0 Å². The number of rotatable bonds is 4. The summed E-state index contributed by atoms with van der Waals surface area (Å²) in [6.45, 7) is 5.80. The average molecular weight is 369 g/mol. The maximum Gasteiger partial charge on any atom is 0.287 e. The van der Waals surface area contributed by atoms with Crippen LogP contribution in [-0.4, -0.2) is 39.3 Å². The first-order chi connectivity index (χ1) is 12.8. The van der Waals surface area contributed by atoms with E-state index in [4.69, 9.17) is 10.8 Å². The normalized spacial score (nSPS) is 10.5. The molecule has 2 rings (SSSR count). The number of likely N-dealkylation sites (N-methyl/N-ethyl adjacent to an activating group) is 1. The molecule has 1 heterocycles. The average Bonchev–Trinajstić information content (AvgIpc) is 2.62. The molecule has 0 aliphatic rings. The Labute approximate surface area is 157 Å².